The first kappa shape index (κ1) is 21.2. The molecule has 156 valence electrons. The van der Waals surface area contributed by atoms with Crippen LogP contribution in [0.1, 0.15) is 16.7 Å². The van der Waals surface area contributed by atoms with E-state index in [-0.39, 0.29) is 11.7 Å². The van der Waals surface area contributed by atoms with Crippen LogP contribution < -0.4 is 11.1 Å². The maximum Gasteiger partial charge on any atom is 0.248 e. The van der Waals surface area contributed by atoms with Gasteiger partial charge in [0.25, 0.3) is 0 Å². The molecule has 2 aromatic rings. The van der Waals surface area contributed by atoms with Crippen LogP contribution in [0.25, 0.3) is 11.6 Å². The average Bonchev–Trinajstić information content (AvgIpc) is 2.76. The van der Waals surface area contributed by atoms with Crippen LogP contribution in [-0.4, -0.2) is 53.4 Å². The molecule has 8 heteroatoms. The smallest absolute Gasteiger partial charge is 0.248 e. The van der Waals surface area contributed by atoms with Crippen LogP contribution in [0.5, 0.6) is 5.75 Å². The van der Waals surface area contributed by atoms with Crippen LogP contribution in [0.4, 0.5) is 5.69 Å². The van der Waals surface area contributed by atoms with E-state index < -0.39 is 0 Å². The van der Waals surface area contributed by atoms with Crippen molar-refractivity contribution in [3.05, 3.63) is 65.6 Å². The molecule has 0 atom stereocenters. The van der Waals surface area contributed by atoms with E-state index in [0.717, 1.165) is 24.9 Å². The molecule has 0 spiro atoms. The van der Waals surface area contributed by atoms with Crippen LogP contribution >= 0.6 is 0 Å². The van der Waals surface area contributed by atoms with E-state index in [0.29, 0.717) is 42.1 Å². The molecule has 0 bridgehead atoms. The van der Waals surface area contributed by atoms with Crippen molar-refractivity contribution >= 4 is 29.5 Å². The van der Waals surface area contributed by atoms with Crippen LogP contribution in [0.15, 0.2) is 48.9 Å². The number of anilines is 1. The standard InChI is InChI=1S/C22H25N5O3/c23-12-18(13-24)20-5-6-25-14-16(20)2-4-22(29)26-19-3-1-17(21(28)11-19)15-27-7-9-30-10-8-27/h1-6,11-14,23,28H,7-10,15,24H2,(H,26,29)/b4-2+,18-13+,23-12?. The first-order valence-corrected chi connectivity index (χ1v) is 9.58. The van der Waals surface area contributed by atoms with E-state index in [9.17, 15) is 9.90 Å². The van der Waals surface area contributed by atoms with Crippen molar-refractivity contribution in [2.24, 2.45) is 5.73 Å². The number of pyridine rings is 1. The van der Waals surface area contributed by atoms with Gasteiger partial charge < -0.3 is 26.3 Å². The average molecular weight is 407 g/mol. The molecule has 1 saturated heterocycles. The number of allylic oxidation sites excluding steroid dienone is 1. The fourth-order valence-electron chi connectivity index (χ4n) is 3.14. The topological polar surface area (TPSA) is 125 Å². The number of ether oxygens (including phenoxy) is 1. The highest BCUT2D eigenvalue weighted by Gasteiger charge is 2.13. The van der Waals surface area contributed by atoms with Crippen molar-refractivity contribution in [1.29, 1.82) is 5.41 Å². The predicted octanol–water partition coefficient (Wildman–Crippen LogP) is 2.22. The van der Waals surface area contributed by atoms with Gasteiger partial charge in [-0.05, 0) is 23.8 Å². The summed E-state index contributed by atoms with van der Waals surface area (Å²) in [5, 5.41) is 20.5. The molecule has 1 aromatic carbocycles. The molecule has 1 aliphatic rings. The minimum atomic E-state index is -0.349. The Hall–Kier alpha value is -3.49. The summed E-state index contributed by atoms with van der Waals surface area (Å²) in [5.74, 6) is -0.209. The van der Waals surface area contributed by atoms with Gasteiger partial charge in [0.2, 0.25) is 5.91 Å². The largest absolute Gasteiger partial charge is 0.508 e. The van der Waals surface area contributed by atoms with Gasteiger partial charge in [-0.2, -0.15) is 0 Å². The molecule has 5 N–H and O–H groups in total. The molecular weight excluding hydrogens is 382 g/mol. The van der Waals surface area contributed by atoms with Crippen molar-refractivity contribution in [2.45, 2.75) is 6.54 Å². The normalized spacial score (nSPS) is 15.3. The summed E-state index contributed by atoms with van der Waals surface area (Å²) >= 11 is 0. The number of nitrogens with one attached hydrogen (secondary N) is 2. The summed E-state index contributed by atoms with van der Waals surface area (Å²) in [5.41, 5.74) is 8.76. The van der Waals surface area contributed by atoms with Crippen molar-refractivity contribution in [3.8, 4) is 5.75 Å². The van der Waals surface area contributed by atoms with Crippen molar-refractivity contribution in [2.75, 3.05) is 31.6 Å². The molecule has 8 nitrogen and oxygen atoms in total. The summed E-state index contributed by atoms with van der Waals surface area (Å²) in [6.07, 6.45) is 8.66. The maximum absolute atomic E-state index is 12.3. The zero-order chi connectivity index (χ0) is 21.3. The van der Waals surface area contributed by atoms with Gasteiger partial charge in [-0.25, -0.2) is 0 Å². The third kappa shape index (κ3) is 5.53. The van der Waals surface area contributed by atoms with Gasteiger partial charge in [0.15, 0.2) is 0 Å². The van der Waals surface area contributed by atoms with Gasteiger partial charge in [-0.1, -0.05) is 6.07 Å². The lowest BCUT2D eigenvalue weighted by atomic mass is 10.0. The molecule has 1 aromatic heterocycles. The van der Waals surface area contributed by atoms with Crippen LogP contribution in [-0.2, 0) is 16.1 Å². The zero-order valence-corrected chi connectivity index (χ0v) is 16.5. The van der Waals surface area contributed by atoms with Crippen molar-refractivity contribution in [3.63, 3.8) is 0 Å². The van der Waals surface area contributed by atoms with E-state index >= 15 is 0 Å². The number of morpholine rings is 1. The summed E-state index contributed by atoms with van der Waals surface area (Å²) in [6, 6.07) is 6.85. The number of hydrogen-bond donors (Lipinski definition) is 4. The summed E-state index contributed by atoms with van der Waals surface area (Å²) in [6.45, 7) is 3.69. The molecule has 1 aliphatic heterocycles. The quantitative estimate of drug-likeness (QED) is 0.412. The maximum atomic E-state index is 12.3. The molecule has 3 rings (SSSR count). The summed E-state index contributed by atoms with van der Waals surface area (Å²) < 4.78 is 5.34. The van der Waals surface area contributed by atoms with E-state index in [4.69, 9.17) is 15.9 Å². The Kier molecular flexibility index (Phi) is 7.31. The zero-order valence-electron chi connectivity index (χ0n) is 16.5. The Morgan fingerprint density at radius 2 is 2.13 bits per heavy atom. The number of rotatable bonds is 7. The number of carbonyl (C=O) groups excluding carboxylic acids is 1. The van der Waals surface area contributed by atoms with Gasteiger partial charge in [0.05, 0.1) is 13.2 Å². The van der Waals surface area contributed by atoms with Crippen LogP contribution in [0.3, 0.4) is 0 Å². The summed E-state index contributed by atoms with van der Waals surface area (Å²) in [4.78, 5) is 18.6. The van der Waals surface area contributed by atoms with Gasteiger partial charge in [0.1, 0.15) is 5.75 Å². The van der Waals surface area contributed by atoms with Gasteiger partial charge in [-0.15, -0.1) is 0 Å². The number of carbonyl (C=O) groups is 1. The number of phenolic OH excluding ortho intramolecular Hbond substituents is 1. The van der Waals surface area contributed by atoms with Gasteiger partial charge in [-0.3, -0.25) is 14.7 Å². The van der Waals surface area contributed by atoms with Crippen molar-refractivity contribution in [1.82, 2.24) is 9.88 Å². The van der Waals surface area contributed by atoms with E-state index in [2.05, 4.69) is 15.2 Å². The second-order valence-corrected chi connectivity index (χ2v) is 6.78. The Morgan fingerprint density at radius 3 is 2.83 bits per heavy atom. The highest BCUT2D eigenvalue weighted by atomic mass is 16.5. The van der Waals surface area contributed by atoms with E-state index in [1.165, 1.54) is 12.3 Å². The minimum Gasteiger partial charge on any atom is -0.508 e. The van der Waals surface area contributed by atoms with Gasteiger partial charge in [0, 0.05) is 79.0 Å². The molecule has 0 unspecified atom stereocenters. The second kappa shape index (κ2) is 10.3. The number of nitrogens with two attached hydrogens (primary N) is 1. The number of hydrogen-bond acceptors (Lipinski definition) is 7. The van der Waals surface area contributed by atoms with Crippen LogP contribution in [0, 0.1) is 5.41 Å². The molecule has 30 heavy (non-hydrogen) atoms. The molecule has 1 amide bonds. The minimum absolute atomic E-state index is 0.140. The van der Waals surface area contributed by atoms with E-state index in [1.807, 2.05) is 6.07 Å². The lowest BCUT2D eigenvalue weighted by Gasteiger charge is -2.26. The van der Waals surface area contributed by atoms with Gasteiger partial charge >= 0.3 is 0 Å². The molecule has 0 aliphatic carbocycles. The Morgan fingerprint density at radius 1 is 1.33 bits per heavy atom. The number of amides is 1. The third-order valence-electron chi connectivity index (χ3n) is 4.76. The fourth-order valence-corrected chi connectivity index (χ4v) is 3.14. The number of aromatic nitrogens is 1. The number of nitrogens with zero attached hydrogens (tertiary/aromatic N) is 2. The first-order valence-electron chi connectivity index (χ1n) is 9.58. The SMILES string of the molecule is N=C/C(=C\N)c1ccncc1/C=C/C(=O)Nc1ccc(CN2CCOCC2)c(O)c1. The number of aromatic hydroxyl groups is 1. The Labute approximate surface area is 175 Å². The highest BCUT2D eigenvalue weighted by molar-refractivity contribution is 6.10. The lowest BCUT2D eigenvalue weighted by molar-refractivity contribution is -0.111. The van der Waals surface area contributed by atoms with Crippen molar-refractivity contribution < 1.29 is 14.6 Å². The second-order valence-electron chi connectivity index (χ2n) is 6.78. The Balaban J connectivity index is 1.65. The van der Waals surface area contributed by atoms with Crippen LogP contribution in [0.2, 0.25) is 0 Å². The lowest BCUT2D eigenvalue weighted by Crippen LogP contribution is -2.35. The number of benzene rings is 1. The monoisotopic (exact) mass is 407 g/mol. The summed E-state index contributed by atoms with van der Waals surface area (Å²) in [7, 11) is 0. The highest BCUT2D eigenvalue weighted by Crippen LogP contribution is 2.24. The first-order chi connectivity index (χ1) is 14.6. The molecular formula is C22H25N5O3. The fraction of sp³-hybridized carbons (Fsp3) is 0.227. The third-order valence-corrected chi connectivity index (χ3v) is 4.76. The van der Waals surface area contributed by atoms with E-state index in [1.54, 1.807) is 36.7 Å². The molecule has 2 heterocycles. The molecule has 0 radical (unpaired) electrons. The number of phenols is 1. The molecule has 1 fully saturated rings. The Bertz CT molecular complexity index is 965. The molecule has 0 saturated carbocycles. The predicted molar refractivity (Wildman–Crippen MR) is 117 cm³/mol.